The molecule has 0 fully saturated rings. The van der Waals surface area contributed by atoms with Crippen molar-refractivity contribution in [1.29, 1.82) is 0 Å². The van der Waals surface area contributed by atoms with E-state index in [0.29, 0.717) is 16.5 Å². The van der Waals surface area contributed by atoms with Crippen molar-refractivity contribution < 1.29 is 4.79 Å². The lowest BCUT2D eigenvalue weighted by Gasteiger charge is -1.97. The van der Waals surface area contributed by atoms with E-state index in [-0.39, 0.29) is 5.56 Å². The molecule has 1 aromatic carbocycles. The summed E-state index contributed by atoms with van der Waals surface area (Å²) in [7, 11) is 0. The monoisotopic (exact) mass is 189 g/mol. The molecule has 0 atom stereocenters. The zero-order chi connectivity index (χ0) is 10.1. The highest BCUT2D eigenvalue weighted by Gasteiger charge is 2.04. The maximum atomic E-state index is 11.3. The number of primary amides is 1. The largest absolute Gasteiger partial charge is 0.366 e. The van der Waals surface area contributed by atoms with E-state index < -0.39 is 5.91 Å². The standard InChI is InChI=1S/C9H7N3O2/c10-8(13)5-1-2-7-6(3-5)9(14)12-4-11-7/h1-4H,(H2,10,13)(H,11,12,14). The number of H-pyrrole nitrogens is 1. The third kappa shape index (κ3) is 1.24. The number of hydrogen-bond acceptors (Lipinski definition) is 3. The van der Waals surface area contributed by atoms with E-state index >= 15 is 0 Å². The van der Waals surface area contributed by atoms with E-state index in [1.807, 2.05) is 0 Å². The predicted octanol–water partition coefficient (Wildman–Crippen LogP) is 0.0220. The molecule has 0 bridgehead atoms. The van der Waals surface area contributed by atoms with Crippen LogP contribution >= 0.6 is 0 Å². The van der Waals surface area contributed by atoms with Crippen LogP contribution in [-0.2, 0) is 0 Å². The van der Waals surface area contributed by atoms with Crippen LogP contribution in [-0.4, -0.2) is 15.9 Å². The number of nitrogens with one attached hydrogen (secondary N) is 1. The van der Waals surface area contributed by atoms with Gasteiger partial charge in [-0.1, -0.05) is 0 Å². The van der Waals surface area contributed by atoms with Crippen LogP contribution < -0.4 is 11.3 Å². The van der Waals surface area contributed by atoms with Crippen molar-refractivity contribution in [2.24, 2.45) is 5.73 Å². The Bertz CT molecular complexity index is 559. The van der Waals surface area contributed by atoms with Gasteiger partial charge < -0.3 is 10.7 Å². The fourth-order valence-electron chi connectivity index (χ4n) is 1.22. The number of nitrogens with zero attached hydrogens (tertiary/aromatic N) is 1. The molecule has 1 heterocycles. The number of carbonyl (C=O) groups excluding carboxylic acids is 1. The number of rotatable bonds is 1. The van der Waals surface area contributed by atoms with Crippen LogP contribution in [0.15, 0.2) is 29.3 Å². The highest BCUT2D eigenvalue weighted by molar-refractivity contribution is 5.96. The van der Waals surface area contributed by atoms with Gasteiger partial charge in [-0.3, -0.25) is 9.59 Å². The van der Waals surface area contributed by atoms with Crippen molar-refractivity contribution in [3.8, 4) is 0 Å². The third-order valence-corrected chi connectivity index (χ3v) is 1.92. The summed E-state index contributed by atoms with van der Waals surface area (Å²) < 4.78 is 0. The SMILES string of the molecule is NC(=O)c1ccc2nc[nH]c(=O)c2c1. The fraction of sp³-hybridized carbons (Fsp3) is 0. The van der Waals surface area contributed by atoms with Crippen molar-refractivity contribution in [2.45, 2.75) is 0 Å². The lowest BCUT2D eigenvalue weighted by atomic mass is 10.1. The van der Waals surface area contributed by atoms with E-state index in [4.69, 9.17) is 5.73 Å². The fourth-order valence-corrected chi connectivity index (χ4v) is 1.22. The highest BCUT2D eigenvalue weighted by Crippen LogP contribution is 2.08. The molecule has 5 heteroatoms. The lowest BCUT2D eigenvalue weighted by Crippen LogP contribution is -2.13. The first kappa shape index (κ1) is 8.43. The Morgan fingerprint density at radius 2 is 2.21 bits per heavy atom. The number of aromatic amines is 1. The van der Waals surface area contributed by atoms with E-state index in [2.05, 4.69) is 9.97 Å². The Hall–Kier alpha value is -2.17. The Balaban J connectivity index is 2.83. The molecule has 0 aliphatic heterocycles. The molecule has 2 aromatic rings. The van der Waals surface area contributed by atoms with Gasteiger partial charge in [-0.25, -0.2) is 4.98 Å². The average Bonchev–Trinajstić information content (AvgIpc) is 2.18. The second-order valence-corrected chi connectivity index (χ2v) is 2.83. The van der Waals surface area contributed by atoms with Gasteiger partial charge in [0.25, 0.3) is 5.56 Å². The molecule has 0 spiro atoms. The van der Waals surface area contributed by atoms with Crippen LogP contribution in [0.2, 0.25) is 0 Å². The first-order valence-electron chi connectivity index (χ1n) is 3.96. The van der Waals surface area contributed by atoms with Gasteiger partial charge in [-0.2, -0.15) is 0 Å². The maximum absolute atomic E-state index is 11.3. The third-order valence-electron chi connectivity index (χ3n) is 1.92. The molecular formula is C9H7N3O2. The molecule has 1 amide bonds. The quantitative estimate of drug-likeness (QED) is 0.662. The molecule has 1 aromatic heterocycles. The molecule has 70 valence electrons. The molecule has 0 radical (unpaired) electrons. The van der Waals surface area contributed by atoms with Crippen LogP contribution in [0.4, 0.5) is 0 Å². The van der Waals surface area contributed by atoms with E-state index in [1.54, 1.807) is 6.07 Å². The van der Waals surface area contributed by atoms with E-state index in [0.717, 1.165) is 0 Å². The normalized spacial score (nSPS) is 10.3. The summed E-state index contributed by atoms with van der Waals surface area (Å²) in [5.74, 6) is -0.560. The zero-order valence-corrected chi connectivity index (χ0v) is 7.15. The summed E-state index contributed by atoms with van der Waals surface area (Å²) in [5.41, 5.74) is 5.65. The molecule has 0 aliphatic rings. The maximum Gasteiger partial charge on any atom is 0.258 e. The van der Waals surface area contributed by atoms with Gasteiger partial charge >= 0.3 is 0 Å². The van der Waals surface area contributed by atoms with E-state index in [1.165, 1.54) is 18.5 Å². The molecule has 0 aliphatic carbocycles. The van der Waals surface area contributed by atoms with Crippen LogP contribution in [0.5, 0.6) is 0 Å². The second-order valence-electron chi connectivity index (χ2n) is 2.83. The molecular weight excluding hydrogens is 182 g/mol. The summed E-state index contributed by atoms with van der Waals surface area (Å²) >= 11 is 0. The Morgan fingerprint density at radius 1 is 1.43 bits per heavy atom. The molecule has 5 nitrogen and oxygen atoms in total. The molecule has 14 heavy (non-hydrogen) atoms. The van der Waals surface area contributed by atoms with Crippen LogP contribution in [0.1, 0.15) is 10.4 Å². The minimum atomic E-state index is -0.560. The van der Waals surface area contributed by atoms with E-state index in [9.17, 15) is 9.59 Å². The topological polar surface area (TPSA) is 88.8 Å². The number of aromatic nitrogens is 2. The molecule has 2 rings (SSSR count). The van der Waals surface area contributed by atoms with Crippen molar-refractivity contribution in [2.75, 3.05) is 0 Å². The first-order valence-corrected chi connectivity index (χ1v) is 3.96. The number of hydrogen-bond donors (Lipinski definition) is 2. The van der Waals surface area contributed by atoms with Gasteiger partial charge in [0.15, 0.2) is 0 Å². The van der Waals surface area contributed by atoms with Gasteiger partial charge in [0.2, 0.25) is 5.91 Å². The summed E-state index contributed by atoms with van der Waals surface area (Å²) in [4.78, 5) is 28.5. The average molecular weight is 189 g/mol. The van der Waals surface area contributed by atoms with Crippen LogP contribution in [0.25, 0.3) is 10.9 Å². The first-order chi connectivity index (χ1) is 6.68. The number of carbonyl (C=O) groups is 1. The molecule has 3 N–H and O–H groups in total. The Kier molecular flexibility index (Phi) is 1.78. The highest BCUT2D eigenvalue weighted by atomic mass is 16.1. The summed E-state index contributed by atoms with van der Waals surface area (Å²) in [6.45, 7) is 0. The number of nitrogens with two attached hydrogens (primary N) is 1. The minimum absolute atomic E-state index is 0.280. The zero-order valence-electron chi connectivity index (χ0n) is 7.15. The minimum Gasteiger partial charge on any atom is -0.366 e. The van der Waals surface area contributed by atoms with Gasteiger partial charge in [0.05, 0.1) is 17.2 Å². The second kappa shape index (κ2) is 2.95. The molecule has 0 saturated heterocycles. The number of fused-ring (bicyclic) bond motifs is 1. The number of benzene rings is 1. The summed E-state index contributed by atoms with van der Waals surface area (Å²) in [5, 5.41) is 0.365. The summed E-state index contributed by atoms with van der Waals surface area (Å²) in [6.07, 6.45) is 1.31. The van der Waals surface area contributed by atoms with Gasteiger partial charge in [-0.05, 0) is 18.2 Å². The van der Waals surface area contributed by atoms with Gasteiger partial charge in [0, 0.05) is 5.56 Å². The predicted molar refractivity (Wildman–Crippen MR) is 50.9 cm³/mol. The van der Waals surface area contributed by atoms with Crippen LogP contribution in [0.3, 0.4) is 0 Å². The summed E-state index contributed by atoms with van der Waals surface area (Å²) in [6, 6.07) is 4.56. The molecule has 0 saturated carbocycles. The Morgan fingerprint density at radius 3 is 2.93 bits per heavy atom. The Labute approximate surface area is 78.6 Å². The van der Waals surface area contributed by atoms with Crippen molar-refractivity contribution in [3.63, 3.8) is 0 Å². The van der Waals surface area contributed by atoms with Gasteiger partial charge in [-0.15, -0.1) is 0 Å². The van der Waals surface area contributed by atoms with Crippen molar-refractivity contribution in [1.82, 2.24) is 9.97 Å². The smallest absolute Gasteiger partial charge is 0.258 e. The van der Waals surface area contributed by atoms with Crippen LogP contribution in [0, 0.1) is 0 Å². The number of amides is 1. The van der Waals surface area contributed by atoms with Crippen molar-refractivity contribution >= 4 is 16.8 Å². The van der Waals surface area contributed by atoms with Gasteiger partial charge in [0.1, 0.15) is 0 Å². The van der Waals surface area contributed by atoms with Crippen molar-refractivity contribution in [3.05, 3.63) is 40.4 Å². The lowest BCUT2D eigenvalue weighted by molar-refractivity contribution is 0.100. The molecule has 0 unspecified atom stereocenters.